The monoisotopic (exact) mass is 460 g/mol. The third-order valence-corrected chi connectivity index (χ3v) is 6.66. The molecular weight excluding hydrogens is 431 g/mol. The Kier molecular flexibility index (Phi) is 6.43. The number of benzene rings is 2. The van der Waals surface area contributed by atoms with E-state index >= 15 is 0 Å². The average molecular weight is 461 g/mol. The second kappa shape index (κ2) is 9.79. The predicted molar refractivity (Wildman–Crippen MR) is 129 cm³/mol. The van der Waals surface area contributed by atoms with E-state index in [1.54, 1.807) is 21.6 Å². The van der Waals surface area contributed by atoms with Gasteiger partial charge in [0.1, 0.15) is 5.82 Å². The number of imidazole rings is 1. The van der Waals surface area contributed by atoms with Crippen LogP contribution in [-0.4, -0.2) is 39.4 Å². The highest BCUT2D eigenvalue weighted by molar-refractivity contribution is 5.94. The average Bonchev–Trinajstić information content (AvgIpc) is 3.32. The zero-order valence-electron chi connectivity index (χ0n) is 19.1. The van der Waals surface area contributed by atoms with Crippen molar-refractivity contribution in [3.63, 3.8) is 0 Å². The molecule has 6 nitrogen and oxygen atoms in total. The van der Waals surface area contributed by atoms with Crippen LogP contribution in [0, 0.1) is 17.7 Å². The van der Waals surface area contributed by atoms with Crippen molar-refractivity contribution in [3.05, 3.63) is 66.6 Å². The summed E-state index contributed by atoms with van der Waals surface area (Å²) >= 11 is 0. The standard InChI is InChI=1S/C27H29FN4O2/c28-22-12-14-23(15-13-22)32-17-24(20-6-2-1-3-7-20)29-27(32)30-25(33)18-31(16-19-10-11-19)26(34)21-8-4-5-9-21/h1-3,6-7,12-15,17,19,21H,4-5,8-11,16,18H2,(H,29,30,33). The van der Waals surface area contributed by atoms with Crippen LogP contribution >= 0.6 is 0 Å². The first kappa shape index (κ1) is 22.3. The van der Waals surface area contributed by atoms with Gasteiger partial charge in [-0.15, -0.1) is 0 Å². The molecule has 0 atom stereocenters. The van der Waals surface area contributed by atoms with Gasteiger partial charge in [0, 0.05) is 29.9 Å². The lowest BCUT2D eigenvalue weighted by Gasteiger charge is -2.25. The molecule has 176 valence electrons. The predicted octanol–water partition coefficient (Wildman–Crippen LogP) is 5.05. The molecule has 0 unspecified atom stereocenters. The fourth-order valence-electron chi connectivity index (χ4n) is 4.63. The SMILES string of the molecule is O=C(CN(CC1CC1)C(=O)C1CCCC1)Nc1nc(-c2ccccc2)cn1-c1ccc(F)cc1. The van der Waals surface area contributed by atoms with Gasteiger partial charge in [-0.05, 0) is 55.9 Å². The van der Waals surface area contributed by atoms with Crippen molar-refractivity contribution in [1.29, 1.82) is 0 Å². The van der Waals surface area contributed by atoms with Crippen LogP contribution in [0.2, 0.25) is 0 Å². The summed E-state index contributed by atoms with van der Waals surface area (Å²) in [5.74, 6) is 0.377. The Balaban J connectivity index is 1.38. The number of halogens is 1. The number of nitrogens with one attached hydrogen (secondary N) is 1. The molecule has 1 aromatic heterocycles. The lowest BCUT2D eigenvalue weighted by Crippen LogP contribution is -2.42. The van der Waals surface area contributed by atoms with E-state index in [1.807, 2.05) is 36.5 Å². The second-order valence-electron chi connectivity index (χ2n) is 9.35. The number of anilines is 1. The van der Waals surface area contributed by atoms with Crippen LogP contribution in [0.4, 0.5) is 10.3 Å². The number of hydrogen-bond acceptors (Lipinski definition) is 3. The zero-order valence-corrected chi connectivity index (χ0v) is 19.1. The minimum absolute atomic E-state index is 0.0166. The summed E-state index contributed by atoms with van der Waals surface area (Å²) in [6, 6.07) is 15.7. The van der Waals surface area contributed by atoms with Gasteiger partial charge in [0.25, 0.3) is 0 Å². The van der Waals surface area contributed by atoms with Crippen molar-refractivity contribution >= 4 is 17.8 Å². The molecule has 0 radical (unpaired) electrons. The van der Waals surface area contributed by atoms with E-state index in [1.165, 1.54) is 12.1 Å². The van der Waals surface area contributed by atoms with Gasteiger partial charge in [0.05, 0.1) is 12.2 Å². The molecule has 2 fully saturated rings. The zero-order chi connectivity index (χ0) is 23.5. The maximum atomic E-state index is 13.5. The fraction of sp³-hybridized carbons (Fsp3) is 0.370. The summed E-state index contributed by atoms with van der Waals surface area (Å²) in [5.41, 5.74) is 2.28. The van der Waals surface area contributed by atoms with Crippen molar-refractivity contribution in [2.45, 2.75) is 38.5 Å². The van der Waals surface area contributed by atoms with Gasteiger partial charge in [0.15, 0.2) is 0 Å². The largest absolute Gasteiger partial charge is 0.333 e. The van der Waals surface area contributed by atoms with E-state index < -0.39 is 0 Å². The molecule has 2 aliphatic carbocycles. The van der Waals surface area contributed by atoms with Crippen LogP contribution in [0.3, 0.4) is 0 Å². The molecule has 3 aromatic rings. The molecule has 2 aromatic carbocycles. The lowest BCUT2D eigenvalue weighted by molar-refractivity contribution is -0.138. The first-order chi connectivity index (χ1) is 16.6. The van der Waals surface area contributed by atoms with E-state index in [4.69, 9.17) is 0 Å². The maximum Gasteiger partial charge on any atom is 0.246 e. The van der Waals surface area contributed by atoms with Gasteiger partial charge in [-0.1, -0.05) is 43.2 Å². The Morgan fingerprint density at radius 3 is 2.38 bits per heavy atom. The molecule has 1 heterocycles. The molecule has 2 saturated carbocycles. The highest BCUT2D eigenvalue weighted by atomic mass is 19.1. The Bertz CT molecular complexity index is 1150. The summed E-state index contributed by atoms with van der Waals surface area (Å²) in [5, 5.41) is 2.91. The van der Waals surface area contributed by atoms with Gasteiger partial charge in [-0.2, -0.15) is 0 Å². The van der Waals surface area contributed by atoms with Gasteiger partial charge >= 0.3 is 0 Å². The maximum absolute atomic E-state index is 13.5. The number of hydrogen-bond donors (Lipinski definition) is 1. The number of carbonyl (C=O) groups is 2. The molecule has 7 heteroatoms. The van der Waals surface area contributed by atoms with E-state index in [-0.39, 0.29) is 30.1 Å². The first-order valence-corrected chi connectivity index (χ1v) is 12.1. The van der Waals surface area contributed by atoms with Gasteiger partial charge in [0.2, 0.25) is 17.8 Å². The highest BCUT2D eigenvalue weighted by Crippen LogP contribution is 2.32. The van der Waals surface area contributed by atoms with Crippen LogP contribution in [-0.2, 0) is 9.59 Å². The second-order valence-corrected chi connectivity index (χ2v) is 9.35. The fourth-order valence-corrected chi connectivity index (χ4v) is 4.63. The summed E-state index contributed by atoms with van der Waals surface area (Å²) in [4.78, 5) is 32.6. The molecular formula is C27H29FN4O2. The molecule has 1 N–H and O–H groups in total. The van der Waals surface area contributed by atoms with Crippen LogP contribution in [0.1, 0.15) is 38.5 Å². The molecule has 34 heavy (non-hydrogen) atoms. The highest BCUT2D eigenvalue weighted by Gasteiger charge is 2.33. The molecule has 0 spiro atoms. The summed E-state index contributed by atoms with van der Waals surface area (Å²) in [6.07, 6.45) is 8.04. The quantitative estimate of drug-likeness (QED) is 0.512. The van der Waals surface area contributed by atoms with Gasteiger partial charge in [-0.3, -0.25) is 19.5 Å². The van der Waals surface area contributed by atoms with Crippen molar-refractivity contribution in [1.82, 2.24) is 14.5 Å². The van der Waals surface area contributed by atoms with E-state index in [2.05, 4.69) is 10.3 Å². The minimum atomic E-state index is -0.334. The Labute approximate surface area is 198 Å². The van der Waals surface area contributed by atoms with Crippen LogP contribution in [0.25, 0.3) is 16.9 Å². The first-order valence-electron chi connectivity index (χ1n) is 12.1. The third kappa shape index (κ3) is 5.19. The third-order valence-electron chi connectivity index (χ3n) is 6.66. The van der Waals surface area contributed by atoms with E-state index in [0.717, 1.165) is 44.1 Å². The molecule has 0 aliphatic heterocycles. The van der Waals surface area contributed by atoms with Crippen molar-refractivity contribution in [2.24, 2.45) is 11.8 Å². The normalized spacial score (nSPS) is 15.9. The number of amides is 2. The number of carbonyl (C=O) groups excluding carboxylic acids is 2. The number of nitrogens with zero attached hydrogens (tertiary/aromatic N) is 3. The molecule has 2 aliphatic rings. The lowest BCUT2D eigenvalue weighted by atomic mass is 10.1. The molecule has 0 saturated heterocycles. The Hall–Kier alpha value is -3.48. The van der Waals surface area contributed by atoms with Crippen LogP contribution in [0.5, 0.6) is 0 Å². The van der Waals surface area contributed by atoms with Crippen molar-refractivity contribution < 1.29 is 14.0 Å². The summed E-state index contributed by atoms with van der Waals surface area (Å²) in [7, 11) is 0. The topological polar surface area (TPSA) is 67.2 Å². The molecule has 5 rings (SSSR count). The Morgan fingerprint density at radius 1 is 1.00 bits per heavy atom. The van der Waals surface area contributed by atoms with E-state index in [9.17, 15) is 14.0 Å². The smallest absolute Gasteiger partial charge is 0.246 e. The van der Waals surface area contributed by atoms with Crippen molar-refractivity contribution in [3.8, 4) is 16.9 Å². The van der Waals surface area contributed by atoms with E-state index in [0.29, 0.717) is 29.8 Å². The van der Waals surface area contributed by atoms with Crippen molar-refractivity contribution in [2.75, 3.05) is 18.4 Å². The van der Waals surface area contributed by atoms with Gasteiger partial charge in [-0.25, -0.2) is 9.37 Å². The minimum Gasteiger partial charge on any atom is -0.333 e. The summed E-state index contributed by atoms with van der Waals surface area (Å²) in [6.45, 7) is 0.660. The summed E-state index contributed by atoms with van der Waals surface area (Å²) < 4.78 is 15.2. The number of aromatic nitrogens is 2. The van der Waals surface area contributed by atoms with Crippen LogP contribution in [0.15, 0.2) is 60.8 Å². The molecule has 0 bridgehead atoms. The van der Waals surface area contributed by atoms with Gasteiger partial charge < -0.3 is 4.90 Å². The number of rotatable bonds is 8. The van der Waals surface area contributed by atoms with Crippen LogP contribution < -0.4 is 5.32 Å². The molecule has 2 amide bonds. The Morgan fingerprint density at radius 2 is 1.71 bits per heavy atom.